The topological polar surface area (TPSA) is 53.1 Å². The Balaban J connectivity index is 1.49. The Morgan fingerprint density at radius 1 is 0.821 bits per heavy atom. The van der Waals surface area contributed by atoms with Crippen molar-refractivity contribution in [1.82, 2.24) is 4.98 Å². The third-order valence-electron chi connectivity index (χ3n) is 5.81. The molecular formula is C25H39NO2. The van der Waals surface area contributed by atoms with E-state index in [0.29, 0.717) is 5.56 Å². The molecular weight excluding hydrogens is 346 g/mol. The zero-order chi connectivity index (χ0) is 20.0. The molecule has 28 heavy (non-hydrogen) atoms. The number of carboxylic acids is 1. The number of benzene rings is 1. The summed E-state index contributed by atoms with van der Waals surface area (Å²) in [6.07, 6.45) is 22.3. The van der Waals surface area contributed by atoms with E-state index < -0.39 is 5.97 Å². The largest absolute Gasteiger partial charge is 0.478 e. The van der Waals surface area contributed by atoms with Crippen LogP contribution < -0.4 is 0 Å². The highest BCUT2D eigenvalue weighted by Gasteiger charge is 2.08. The molecule has 3 nitrogen and oxygen atoms in total. The van der Waals surface area contributed by atoms with Crippen molar-refractivity contribution in [2.24, 2.45) is 0 Å². The molecule has 1 aromatic heterocycles. The van der Waals surface area contributed by atoms with Crippen LogP contribution in [0.5, 0.6) is 0 Å². The van der Waals surface area contributed by atoms with E-state index in [9.17, 15) is 9.90 Å². The molecule has 2 rings (SSSR count). The Bertz CT molecular complexity index is 689. The van der Waals surface area contributed by atoms with E-state index in [2.05, 4.69) is 11.9 Å². The van der Waals surface area contributed by atoms with Gasteiger partial charge >= 0.3 is 5.97 Å². The predicted molar refractivity (Wildman–Crippen MR) is 119 cm³/mol. The Kier molecular flexibility index (Phi) is 10.8. The van der Waals surface area contributed by atoms with Crippen molar-refractivity contribution < 1.29 is 9.90 Å². The second kappa shape index (κ2) is 13.4. The summed E-state index contributed by atoms with van der Waals surface area (Å²) in [6.45, 7) is 2.28. The molecule has 0 bridgehead atoms. The second-order valence-corrected chi connectivity index (χ2v) is 8.23. The van der Waals surface area contributed by atoms with Gasteiger partial charge in [0.05, 0.1) is 5.56 Å². The van der Waals surface area contributed by atoms with Crippen molar-refractivity contribution in [3.8, 4) is 0 Å². The fourth-order valence-corrected chi connectivity index (χ4v) is 4.03. The standard InChI is InChI=1S/C25H39NO2/c1-2-3-4-5-6-7-8-9-10-11-12-13-14-15-16-22-20-26-24-18-17-21(25(27)28)19-23(22)24/h17-20,26H,2-16H2,1H3,(H,27,28). The minimum absolute atomic E-state index is 0.370. The van der Waals surface area contributed by atoms with Gasteiger partial charge in [-0.15, -0.1) is 0 Å². The number of rotatable bonds is 16. The normalized spacial score (nSPS) is 11.3. The molecule has 2 N–H and O–H groups in total. The zero-order valence-corrected chi connectivity index (χ0v) is 17.8. The van der Waals surface area contributed by atoms with Crippen LogP contribution >= 0.6 is 0 Å². The smallest absolute Gasteiger partial charge is 0.335 e. The SMILES string of the molecule is CCCCCCCCCCCCCCCCc1c[nH]c2ccc(C(=O)O)cc12. The molecule has 0 saturated carbocycles. The zero-order valence-electron chi connectivity index (χ0n) is 17.8. The van der Waals surface area contributed by atoms with Gasteiger partial charge in [0.25, 0.3) is 0 Å². The lowest BCUT2D eigenvalue weighted by molar-refractivity contribution is 0.0697. The molecule has 0 atom stereocenters. The van der Waals surface area contributed by atoms with E-state index in [1.807, 2.05) is 12.3 Å². The second-order valence-electron chi connectivity index (χ2n) is 8.23. The van der Waals surface area contributed by atoms with Crippen molar-refractivity contribution in [2.45, 2.75) is 103 Å². The van der Waals surface area contributed by atoms with E-state index in [1.54, 1.807) is 12.1 Å². The summed E-state index contributed by atoms with van der Waals surface area (Å²) < 4.78 is 0. The summed E-state index contributed by atoms with van der Waals surface area (Å²) in [4.78, 5) is 14.4. The van der Waals surface area contributed by atoms with Gasteiger partial charge in [-0.1, -0.05) is 90.4 Å². The number of unbranched alkanes of at least 4 members (excludes halogenated alkanes) is 13. The number of carbonyl (C=O) groups is 1. The third-order valence-corrected chi connectivity index (χ3v) is 5.81. The van der Waals surface area contributed by atoms with Crippen molar-refractivity contribution in [2.75, 3.05) is 0 Å². The molecule has 0 radical (unpaired) electrons. The molecule has 0 amide bonds. The highest BCUT2D eigenvalue weighted by atomic mass is 16.4. The molecule has 1 heterocycles. The van der Waals surface area contributed by atoms with Crippen LogP contribution in [0.25, 0.3) is 10.9 Å². The molecule has 3 heteroatoms. The Hall–Kier alpha value is -1.77. The molecule has 0 aliphatic heterocycles. The Labute approximate surface area is 170 Å². The fraction of sp³-hybridized carbons (Fsp3) is 0.640. The molecule has 0 aliphatic rings. The van der Waals surface area contributed by atoms with Gasteiger partial charge < -0.3 is 10.1 Å². The maximum atomic E-state index is 11.2. The lowest BCUT2D eigenvalue weighted by Crippen LogP contribution is -1.95. The number of carboxylic acid groups (broad SMARTS) is 1. The summed E-state index contributed by atoms with van der Waals surface area (Å²) in [5.41, 5.74) is 2.65. The average molecular weight is 386 g/mol. The molecule has 0 fully saturated rings. The van der Waals surface area contributed by atoms with E-state index in [-0.39, 0.29) is 0 Å². The Morgan fingerprint density at radius 2 is 1.36 bits per heavy atom. The number of aromatic amines is 1. The van der Waals surface area contributed by atoms with Gasteiger partial charge in [0, 0.05) is 17.1 Å². The number of aromatic carboxylic acids is 1. The van der Waals surface area contributed by atoms with E-state index >= 15 is 0 Å². The number of hydrogen-bond donors (Lipinski definition) is 2. The molecule has 0 saturated heterocycles. The highest BCUT2D eigenvalue weighted by molar-refractivity contribution is 5.94. The lowest BCUT2D eigenvalue weighted by Gasteiger charge is -2.04. The number of fused-ring (bicyclic) bond motifs is 1. The summed E-state index contributed by atoms with van der Waals surface area (Å²) in [6, 6.07) is 5.33. The first-order chi connectivity index (χ1) is 13.7. The van der Waals surface area contributed by atoms with Gasteiger partial charge in [-0.3, -0.25) is 0 Å². The van der Waals surface area contributed by atoms with Gasteiger partial charge in [-0.05, 0) is 36.6 Å². The molecule has 0 aliphatic carbocycles. The van der Waals surface area contributed by atoms with E-state index in [0.717, 1.165) is 17.3 Å². The van der Waals surface area contributed by atoms with Crippen LogP contribution in [0.3, 0.4) is 0 Å². The van der Waals surface area contributed by atoms with Gasteiger partial charge in [0.2, 0.25) is 0 Å². The summed E-state index contributed by atoms with van der Waals surface area (Å²) >= 11 is 0. The number of aryl methyl sites for hydroxylation is 1. The van der Waals surface area contributed by atoms with Crippen LogP contribution in [0.4, 0.5) is 0 Å². The van der Waals surface area contributed by atoms with Crippen LogP contribution in [-0.2, 0) is 6.42 Å². The highest BCUT2D eigenvalue weighted by Crippen LogP contribution is 2.22. The molecule has 0 spiro atoms. The van der Waals surface area contributed by atoms with Crippen molar-refractivity contribution >= 4 is 16.9 Å². The first-order valence-electron chi connectivity index (χ1n) is 11.6. The number of H-pyrrole nitrogens is 1. The first-order valence-corrected chi connectivity index (χ1v) is 11.6. The molecule has 2 aromatic rings. The van der Waals surface area contributed by atoms with Gasteiger partial charge in [-0.25, -0.2) is 4.79 Å². The third kappa shape index (κ3) is 8.08. The molecule has 1 aromatic carbocycles. The van der Waals surface area contributed by atoms with Gasteiger partial charge in [-0.2, -0.15) is 0 Å². The summed E-state index contributed by atoms with van der Waals surface area (Å²) in [5, 5.41) is 10.2. The number of aromatic nitrogens is 1. The number of nitrogens with one attached hydrogen (secondary N) is 1. The van der Waals surface area contributed by atoms with Crippen LogP contribution in [0, 0.1) is 0 Å². The number of hydrogen-bond acceptors (Lipinski definition) is 1. The average Bonchev–Trinajstić information content (AvgIpc) is 3.10. The maximum Gasteiger partial charge on any atom is 0.335 e. The first kappa shape index (κ1) is 22.5. The van der Waals surface area contributed by atoms with Crippen LogP contribution in [0.15, 0.2) is 24.4 Å². The predicted octanol–water partition coefficient (Wildman–Crippen LogP) is 7.89. The van der Waals surface area contributed by atoms with E-state index in [1.165, 1.54) is 95.5 Å². The van der Waals surface area contributed by atoms with Crippen molar-refractivity contribution in [3.63, 3.8) is 0 Å². The van der Waals surface area contributed by atoms with Crippen molar-refractivity contribution in [3.05, 3.63) is 35.5 Å². The van der Waals surface area contributed by atoms with Crippen molar-refractivity contribution in [1.29, 1.82) is 0 Å². The molecule has 156 valence electrons. The van der Waals surface area contributed by atoms with Gasteiger partial charge in [0.15, 0.2) is 0 Å². The van der Waals surface area contributed by atoms with E-state index in [4.69, 9.17) is 0 Å². The summed E-state index contributed by atoms with van der Waals surface area (Å²) in [5.74, 6) is -0.856. The monoisotopic (exact) mass is 385 g/mol. The minimum atomic E-state index is -0.856. The molecule has 0 unspecified atom stereocenters. The maximum absolute atomic E-state index is 11.2. The quantitative estimate of drug-likeness (QED) is 0.289. The fourth-order valence-electron chi connectivity index (χ4n) is 4.03. The summed E-state index contributed by atoms with van der Waals surface area (Å²) in [7, 11) is 0. The van der Waals surface area contributed by atoms with Crippen LogP contribution in [0.1, 0.15) is 113 Å². The lowest BCUT2D eigenvalue weighted by atomic mass is 10.0. The Morgan fingerprint density at radius 3 is 1.89 bits per heavy atom. The van der Waals surface area contributed by atoms with Gasteiger partial charge in [0.1, 0.15) is 0 Å². The van der Waals surface area contributed by atoms with Crippen LogP contribution in [0.2, 0.25) is 0 Å². The minimum Gasteiger partial charge on any atom is -0.478 e. The van der Waals surface area contributed by atoms with Crippen LogP contribution in [-0.4, -0.2) is 16.1 Å².